The molecule has 1 heterocycles. The lowest BCUT2D eigenvalue weighted by atomic mass is 10.1. The van der Waals surface area contributed by atoms with E-state index in [2.05, 4.69) is 5.32 Å². The first-order valence-electron chi connectivity index (χ1n) is 9.45. The van der Waals surface area contributed by atoms with Gasteiger partial charge in [-0.1, -0.05) is 6.07 Å². The Bertz CT molecular complexity index is 902. The van der Waals surface area contributed by atoms with Gasteiger partial charge in [-0.3, -0.25) is 9.59 Å². The molecule has 1 aliphatic carbocycles. The summed E-state index contributed by atoms with van der Waals surface area (Å²) in [5.74, 6) is 0.957. The van der Waals surface area contributed by atoms with Crippen LogP contribution in [0.15, 0.2) is 36.4 Å². The van der Waals surface area contributed by atoms with E-state index in [9.17, 15) is 9.59 Å². The Morgan fingerprint density at radius 2 is 1.93 bits per heavy atom. The number of aryl methyl sites for hydroxylation is 2. The minimum Gasteiger partial charge on any atom is -0.484 e. The maximum atomic E-state index is 12.3. The van der Waals surface area contributed by atoms with Gasteiger partial charge in [-0.2, -0.15) is 0 Å². The quantitative estimate of drug-likeness (QED) is 0.882. The first-order chi connectivity index (χ1) is 13.0. The molecule has 1 N–H and O–H groups in total. The number of carbonyl (C=O) groups is 2. The van der Waals surface area contributed by atoms with Crippen molar-refractivity contribution in [2.45, 2.75) is 33.1 Å². The predicted molar refractivity (Wildman–Crippen MR) is 105 cm³/mol. The van der Waals surface area contributed by atoms with Gasteiger partial charge in [-0.15, -0.1) is 0 Å². The molecule has 27 heavy (non-hydrogen) atoms. The summed E-state index contributed by atoms with van der Waals surface area (Å²) in [6.07, 6.45) is 2.86. The number of ether oxygens (including phenoxy) is 1. The lowest BCUT2D eigenvalue weighted by molar-refractivity contribution is -0.120. The van der Waals surface area contributed by atoms with Crippen LogP contribution in [0, 0.1) is 19.8 Å². The van der Waals surface area contributed by atoms with Gasteiger partial charge in [0.05, 0.1) is 0 Å². The number of fused-ring (bicyclic) bond motifs is 1. The lowest BCUT2D eigenvalue weighted by Gasteiger charge is -2.17. The van der Waals surface area contributed by atoms with E-state index in [0.29, 0.717) is 5.75 Å². The molecule has 5 heteroatoms. The second-order valence-corrected chi connectivity index (χ2v) is 7.44. The molecule has 1 saturated carbocycles. The van der Waals surface area contributed by atoms with Gasteiger partial charge in [0.1, 0.15) is 5.75 Å². The highest BCUT2D eigenvalue weighted by molar-refractivity contribution is 5.99. The molecule has 0 bridgehead atoms. The zero-order chi connectivity index (χ0) is 19.0. The Kier molecular flexibility index (Phi) is 4.60. The van der Waals surface area contributed by atoms with Gasteiger partial charge in [-0.05, 0) is 80.1 Å². The van der Waals surface area contributed by atoms with Crippen LogP contribution in [0.3, 0.4) is 0 Å². The zero-order valence-electron chi connectivity index (χ0n) is 15.7. The van der Waals surface area contributed by atoms with Crippen molar-refractivity contribution in [1.82, 2.24) is 0 Å². The molecule has 0 saturated heterocycles. The Labute approximate surface area is 159 Å². The number of amides is 2. The van der Waals surface area contributed by atoms with E-state index in [0.717, 1.165) is 48.3 Å². The van der Waals surface area contributed by atoms with Crippen molar-refractivity contribution >= 4 is 23.2 Å². The summed E-state index contributed by atoms with van der Waals surface area (Å²) in [5.41, 5.74) is 5.16. The zero-order valence-corrected chi connectivity index (χ0v) is 15.7. The van der Waals surface area contributed by atoms with Crippen molar-refractivity contribution in [3.63, 3.8) is 0 Å². The van der Waals surface area contributed by atoms with Crippen LogP contribution < -0.4 is 15.0 Å². The normalized spacial score (nSPS) is 15.4. The fraction of sp³-hybridized carbons (Fsp3) is 0.364. The molecule has 0 radical (unpaired) electrons. The summed E-state index contributed by atoms with van der Waals surface area (Å²) in [6.45, 7) is 4.76. The fourth-order valence-corrected chi connectivity index (χ4v) is 3.41. The molecule has 4 rings (SSSR count). The molecule has 0 aromatic heterocycles. The van der Waals surface area contributed by atoms with Crippen molar-refractivity contribution in [3.8, 4) is 5.75 Å². The van der Waals surface area contributed by atoms with Crippen LogP contribution in [0.2, 0.25) is 0 Å². The number of anilines is 2. The van der Waals surface area contributed by atoms with Crippen LogP contribution in [0.5, 0.6) is 5.75 Å². The SMILES string of the molecule is Cc1ccc(OCC(=O)Nc2ccc3c(c2)CCN3C(=O)C2CC2)cc1C. The molecular weight excluding hydrogens is 340 g/mol. The minimum atomic E-state index is -0.197. The van der Waals surface area contributed by atoms with E-state index in [-0.39, 0.29) is 24.3 Å². The van der Waals surface area contributed by atoms with E-state index in [1.807, 2.05) is 55.1 Å². The Balaban J connectivity index is 1.36. The molecule has 5 nitrogen and oxygen atoms in total. The van der Waals surface area contributed by atoms with Gasteiger partial charge >= 0.3 is 0 Å². The third kappa shape index (κ3) is 3.82. The van der Waals surface area contributed by atoms with Crippen LogP contribution >= 0.6 is 0 Å². The van der Waals surface area contributed by atoms with E-state index < -0.39 is 0 Å². The molecule has 0 spiro atoms. The number of nitrogens with one attached hydrogen (secondary N) is 1. The monoisotopic (exact) mass is 364 g/mol. The fourth-order valence-electron chi connectivity index (χ4n) is 3.41. The molecule has 1 aliphatic heterocycles. The van der Waals surface area contributed by atoms with E-state index in [4.69, 9.17) is 4.74 Å². The molecule has 1 fully saturated rings. The van der Waals surface area contributed by atoms with Gasteiger partial charge in [0.15, 0.2) is 6.61 Å². The molecule has 2 aromatic carbocycles. The summed E-state index contributed by atoms with van der Waals surface area (Å²) in [4.78, 5) is 26.4. The van der Waals surface area contributed by atoms with Gasteiger partial charge in [-0.25, -0.2) is 0 Å². The van der Waals surface area contributed by atoms with E-state index in [1.54, 1.807) is 0 Å². The van der Waals surface area contributed by atoms with Gasteiger partial charge < -0.3 is 15.0 Å². The number of hydrogen-bond donors (Lipinski definition) is 1. The summed E-state index contributed by atoms with van der Waals surface area (Å²) >= 11 is 0. The largest absolute Gasteiger partial charge is 0.484 e. The third-order valence-corrected chi connectivity index (χ3v) is 5.30. The highest BCUT2D eigenvalue weighted by atomic mass is 16.5. The van der Waals surface area contributed by atoms with E-state index >= 15 is 0 Å². The number of benzene rings is 2. The van der Waals surface area contributed by atoms with Crippen LogP contribution in [0.25, 0.3) is 0 Å². The van der Waals surface area contributed by atoms with Gasteiger partial charge in [0.25, 0.3) is 5.91 Å². The average molecular weight is 364 g/mol. The first kappa shape index (κ1) is 17.6. The van der Waals surface area contributed by atoms with Crippen LogP contribution in [0.1, 0.15) is 29.5 Å². The minimum absolute atomic E-state index is 0.0358. The molecule has 140 valence electrons. The maximum absolute atomic E-state index is 12.3. The summed E-state index contributed by atoms with van der Waals surface area (Å²) < 4.78 is 5.59. The smallest absolute Gasteiger partial charge is 0.262 e. The summed E-state index contributed by atoms with van der Waals surface area (Å²) in [7, 11) is 0. The van der Waals surface area contributed by atoms with Crippen LogP contribution in [-0.4, -0.2) is 25.0 Å². The number of nitrogens with zero attached hydrogens (tertiary/aromatic N) is 1. The Morgan fingerprint density at radius 1 is 1.11 bits per heavy atom. The molecule has 2 aliphatic rings. The number of hydrogen-bond acceptors (Lipinski definition) is 3. The number of rotatable bonds is 5. The Hall–Kier alpha value is -2.82. The summed E-state index contributed by atoms with van der Waals surface area (Å²) in [6, 6.07) is 11.5. The summed E-state index contributed by atoms with van der Waals surface area (Å²) in [5, 5.41) is 2.88. The van der Waals surface area contributed by atoms with Crippen molar-refractivity contribution in [2.24, 2.45) is 5.92 Å². The van der Waals surface area contributed by atoms with Crippen LogP contribution in [0.4, 0.5) is 11.4 Å². The molecule has 2 aromatic rings. The maximum Gasteiger partial charge on any atom is 0.262 e. The van der Waals surface area contributed by atoms with Gasteiger partial charge in [0.2, 0.25) is 5.91 Å². The molecular formula is C22H24N2O3. The Morgan fingerprint density at radius 3 is 2.67 bits per heavy atom. The first-order valence-corrected chi connectivity index (χ1v) is 9.45. The second kappa shape index (κ2) is 7.06. The van der Waals surface area contributed by atoms with Crippen LogP contribution in [-0.2, 0) is 16.0 Å². The lowest BCUT2D eigenvalue weighted by Crippen LogP contribution is -2.30. The predicted octanol–water partition coefficient (Wildman–Crippen LogP) is 3.62. The van der Waals surface area contributed by atoms with E-state index in [1.165, 1.54) is 5.56 Å². The highest BCUT2D eigenvalue weighted by Gasteiger charge is 2.36. The van der Waals surface area contributed by atoms with Gasteiger partial charge in [0, 0.05) is 23.8 Å². The highest BCUT2D eigenvalue weighted by Crippen LogP contribution is 2.37. The number of carbonyl (C=O) groups excluding carboxylic acids is 2. The second-order valence-electron chi connectivity index (χ2n) is 7.44. The molecule has 0 atom stereocenters. The van der Waals surface area contributed by atoms with Crippen molar-refractivity contribution < 1.29 is 14.3 Å². The van der Waals surface area contributed by atoms with Crippen molar-refractivity contribution in [3.05, 3.63) is 53.1 Å². The molecule has 2 amide bonds. The van der Waals surface area contributed by atoms with Crippen molar-refractivity contribution in [2.75, 3.05) is 23.4 Å². The molecule has 0 unspecified atom stereocenters. The standard InChI is InChI=1S/C22H24N2O3/c1-14-3-7-19(11-15(14)2)27-13-21(25)23-18-6-8-20-17(12-18)9-10-24(20)22(26)16-4-5-16/h3,6-8,11-12,16H,4-5,9-10,13H2,1-2H3,(H,23,25). The average Bonchev–Trinajstić information content (AvgIpc) is 3.42. The third-order valence-electron chi connectivity index (χ3n) is 5.30. The topological polar surface area (TPSA) is 58.6 Å². The van der Waals surface area contributed by atoms with Crippen molar-refractivity contribution in [1.29, 1.82) is 0 Å².